The Morgan fingerprint density at radius 1 is 1.56 bits per heavy atom. The van der Waals surface area contributed by atoms with Crippen LogP contribution in [-0.4, -0.2) is 34.0 Å². The normalized spacial score (nSPS) is 10.1. The summed E-state index contributed by atoms with van der Waals surface area (Å²) in [6.07, 6.45) is 0. The molecule has 0 radical (unpaired) electrons. The summed E-state index contributed by atoms with van der Waals surface area (Å²) in [6.45, 7) is -0.0525. The van der Waals surface area contributed by atoms with Gasteiger partial charge in [0.25, 0.3) is 5.69 Å². The summed E-state index contributed by atoms with van der Waals surface area (Å²) >= 11 is 1.18. The molecule has 0 saturated heterocycles. The average molecular weight is 274 g/mol. The van der Waals surface area contributed by atoms with E-state index in [1.54, 1.807) is 0 Å². The molecule has 18 heavy (non-hydrogen) atoms. The van der Waals surface area contributed by atoms with Gasteiger partial charge in [-0.15, -0.1) is 11.8 Å². The highest BCUT2D eigenvalue weighted by Crippen LogP contribution is 2.21. The molecule has 8 heteroatoms. The third-order valence-corrected chi connectivity index (χ3v) is 2.84. The van der Waals surface area contributed by atoms with Gasteiger partial charge in [0.15, 0.2) is 0 Å². The van der Waals surface area contributed by atoms with Crippen LogP contribution in [0.15, 0.2) is 18.2 Å². The number of anilines is 1. The number of thioether (sulfide) groups is 1. The van der Waals surface area contributed by atoms with Crippen LogP contribution in [0.3, 0.4) is 0 Å². The number of amides is 1. The topological polar surface area (TPSA) is 92.5 Å². The lowest BCUT2D eigenvalue weighted by molar-refractivity contribution is -0.384. The van der Waals surface area contributed by atoms with Crippen LogP contribution in [0.5, 0.6) is 0 Å². The van der Waals surface area contributed by atoms with Crippen molar-refractivity contribution >= 4 is 29.0 Å². The highest BCUT2D eigenvalue weighted by atomic mass is 32.2. The molecular formula is C10H11FN2O4S. The summed E-state index contributed by atoms with van der Waals surface area (Å²) in [4.78, 5) is 21.2. The quantitative estimate of drug-likeness (QED) is 0.464. The fourth-order valence-electron chi connectivity index (χ4n) is 1.14. The molecule has 0 aliphatic heterocycles. The first-order valence-corrected chi connectivity index (χ1v) is 6.12. The lowest BCUT2D eigenvalue weighted by atomic mass is 10.2. The molecule has 0 spiro atoms. The molecule has 6 nitrogen and oxygen atoms in total. The molecule has 0 aliphatic rings. The summed E-state index contributed by atoms with van der Waals surface area (Å²) in [5, 5.41) is 21.3. The molecule has 1 aromatic rings. The Morgan fingerprint density at radius 2 is 2.28 bits per heavy atom. The lowest BCUT2D eigenvalue weighted by Gasteiger charge is -2.05. The number of nitro groups is 1. The number of hydrogen-bond acceptors (Lipinski definition) is 5. The third kappa shape index (κ3) is 4.30. The van der Waals surface area contributed by atoms with E-state index in [9.17, 15) is 19.3 Å². The van der Waals surface area contributed by atoms with E-state index in [1.807, 2.05) is 0 Å². The number of non-ortho nitro benzene ring substituents is 1. The SMILES string of the molecule is O=C(CSCCO)Nc1cc([N+](=O)[O-])ccc1F. The van der Waals surface area contributed by atoms with Crippen LogP contribution in [0, 0.1) is 15.9 Å². The number of nitro benzene ring substituents is 1. The number of carbonyl (C=O) groups excluding carboxylic acids is 1. The van der Waals surface area contributed by atoms with Crippen molar-refractivity contribution in [2.45, 2.75) is 0 Å². The zero-order valence-electron chi connectivity index (χ0n) is 9.26. The number of nitrogens with zero attached hydrogens (tertiary/aromatic N) is 1. The number of carbonyl (C=O) groups is 1. The van der Waals surface area contributed by atoms with Crippen molar-refractivity contribution in [1.82, 2.24) is 0 Å². The molecular weight excluding hydrogens is 263 g/mol. The van der Waals surface area contributed by atoms with Gasteiger partial charge in [0.05, 0.1) is 23.0 Å². The summed E-state index contributed by atoms with van der Waals surface area (Å²) in [7, 11) is 0. The summed E-state index contributed by atoms with van der Waals surface area (Å²) < 4.78 is 13.3. The van der Waals surface area contributed by atoms with Crippen LogP contribution in [-0.2, 0) is 4.79 Å². The standard InChI is InChI=1S/C10H11FN2O4S/c11-8-2-1-7(13(16)17)5-9(8)12-10(15)6-18-4-3-14/h1-2,5,14H,3-4,6H2,(H,12,15). The average Bonchev–Trinajstić information content (AvgIpc) is 2.32. The number of halogens is 1. The Bertz CT molecular complexity index is 456. The zero-order valence-corrected chi connectivity index (χ0v) is 10.1. The van der Waals surface area contributed by atoms with Gasteiger partial charge in [-0.05, 0) is 6.07 Å². The first-order valence-electron chi connectivity index (χ1n) is 4.97. The van der Waals surface area contributed by atoms with Gasteiger partial charge in [0, 0.05) is 17.9 Å². The minimum absolute atomic E-state index is 0.0443. The van der Waals surface area contributed by atoms with Crippen molar-refractivity contribution in [3.8, 4) is 0 Å². The molecule has 98 valence electrons. The highest BCUT2D eigenvalue weighted by Gasteiger charge is 2.12. The molecule has 0 saturated carbocycles. The predicted molar refractivity (Wildman–Crippen MR) is 66.1 cm³/mol. The van der Waals surface area contributed by atoms with Gasteiger partial charge in [-0.2, -0.15) is 0 Å². The largest absolute Gasteiger partial charge is 0.396 e. The second-order valence-corrected chi connectivity index (χ2v) is 4.35. The van der Waals surface area contributed by atoms with Gasteiger partial charge in [0.1, 0.15) is 5.82 Å². The highest BCUT2D eigenvalue weighted by molar-refractivity contribution is 7.99. The number of hydrogen-bond donors (Lipinski definition) is 2. The maximum atomic E-state index is 13.3. The predicted octanol–water partition coefficient (Wildman–Crippen LogP) is 1.40. The first kappa shape index (κ1) is 14.4. The lowest BCUT2D eigenvalue weighted by Crippen LogP contribution is -2.15. The van der Waals surface area contributed by atoms with Crippen LogP contribution in [0.1, 0.15) is 0 Å². The van der Waals surface area contributed by atoms with Gasteiger partial charge in [0.2, 0.25) is 5.91 Å². The van der Waals surface area contributed by atoms with Crippen molar-refractivity contribution in [2.24, 2.45) is 0 Å². The van der Waals surface area contributed by atoms with Gasteiger partial charge in [-0.25, -0.2) is 4.39 Å². The van der Waals surface area contributed by atoms with Crippen LogP contribution < -0.4 is 5.32 Å². The van der Waals surface area contributed by atoms with Crippen LogP contribution in [0.25, 0.3) is 0 Å². The van der Waals surface area contributed by atoms with Crippen molar-refractivity contribution in [3.63, 3.8) is 0 Å². The van der Waals surface area contributed by atoms with E-state index < -0.39 is 16.6 Å². The van der Waals surface area contributed by atoms with Crippen molar-refractivity contribution in [2.75, 3.05) is 23.4 Å². The van der Waals surface area contributed by atoms with E-state index in [-0.39, 0.29) is 23.7 Å². The van der Waals surface area contributed by atoms with Crippen LogP contribution >= 0.6 is 11.8 Å². The number of aliphatic hydroxyl groups is 1. The van der Waals surface area contributed by atoms with Gasteiger partial charge >= 0.3 is 0 Å². The maximum Gasteiger partial charge on any atom is 0.271 e. The molecule has 0 heterocycles. The summed E-state index contributed by atoms with van der Waals surface area (Å²) in [6, 6.07) is 2.91. The Kier molecular flexibility index (Phi) is 5.53. The minimum atomic E-state index is -0.735. The summed E-state index contributed by atoms with van der Waals surface area (Å²) in [5.74, 6) is -0.776. The third-order valence-electron chi connectivity index (χ3n) is 1.90. The Balaban J connectivity index is 2.68. The summed E-state index contributed by atoms with van der Waals surface area (Å²) in [5.41, 5.74) is -0.520. The fraction of sp³-hybridized carbons (Fsp3) is 0.300. The Labute approximate surface area is 106 Å². The fourth-order valence-corrected chi connectivity index (χ4v) is 1.67. The van der Waals surface area contributed by atoms with Gasteiger partial charge in [-0.1, -0.05) is 0 Å². The molecule has 0 atom stereocenters. The molecule has 0 unspecified atom stereocenters. The van der Waals surface area contributed by atoms with Crippen molar-refractivity contribution < 1.29 is 19.2 Å². The van der Waals surface area contributed by atoms with E-state index >= 15 is 0 Å². The molecule has 2 N–H and O–H groups in total. The maximum absolute atomic E-state index is 13.3. The van der Waals surface area contributed by atoms with E-state index in [1.165, 1.54) is 11.8 Å². The molecule has 0 fully saturated rings. The number of benzene rings is 1. The van der Waals surface area contributed by atoms with Gasteiger partial charge < -0.3 is 10.4 Å². The smallest absolute Gasteiger partial charge is 0.271 e. The second-order valence-electron chi connectivity index (χ2n) is 3.25. The molecule has 0 aromatic heterocycles. The molecule has 0 bridgehead atoms. The molecule has 1 aromatic carbocycles. The van der Waals surface area contributed by atoms with Crippen LogP contribution in [0.2, 0.25) is 0 Å². The zero-order chi connectivity index (χ0) is 13.5. The van der Waals surface area contributed by atoms with Crippen LogP contribution in [0.4, 0.5) is 15.8 Å². The van der Waals surface area contributed by atoms with Crippen molar-refractivity contribution in [3.05, 3.63) is 34.1 Å². The Morgan fingerprint density at radius 3 is 2.89 bits per heavy atom. The number of nitrogens with one attached hydrogen (secondary N) is 1. The van der Waals surface area contributed by atoms with Crippen molar-refractivity contribution in [1.29, 1.82) is 0 Å². The second kappa shape index (κ2) is 6.92. The molecule has 0 aliphatic carbocycles. The monoisotopic (exact) mass is 274 g/mol. The Hall–Kier alpha value is -1.67. The van der Waals surface area contributed by atoms with E-state index in [0.717, 1.165) is 18.2 Å². The van der Waals surface area contributed by atoms with E-state index in [4.69, 9.17) is 5.11 Å². The minimum Gasteiger partial charge on any atom is -0.396 e. The molecule has 1 amide bonds. The van der Waals surface area contributed by atoms with E-state index in [0.29, 0.717) is 5.75 Å². The number of rotatable bonds is 6. The molecule has 1 rings (SSSR count). The van der Waals surface area contributed by atoms with Gasteiger partial charge in [-0.3, -0.25) is 14.9 Å². The first-order chi connectivity index (χ1) is 8.54. The van der Waals surface area contributed by atoms with E-state index in [2.05, 4.69) is 5.32 Å². The number of aliphatic hydroxyl groups excluding tert-OH is 1.